The number of aliphatic hydroxyl groups excluding tert-OH is 1. The molecule has 0 bridgehead atoms. The van der Waals surface area contributed by atoms with Crippen LogP contribution in [0.5, 0.6) is 0 Å². The average Bonchev–Trinajstić information content (AvgIpc) is 2.68. The van der Waals surface area contributed by atoms with Gasteiger partial charge in [0.1, 0.15) is 0 Å². The molecule has 1 N–H and O–H groups in total. The summed E-state index contributed by atoms with van der Waals surface area (Å²) in [4.78, 5) is 13.0. The largest absolute Gasteiger partial charge is 0.388 e. The lowest BCUT2D eigenvalue weighted by Gasteiger charge is -2.22. The molecule has 0 radical (unpaired) electrons. The summed E-state index contributed by atoms with van der Waals surface area (Å²) in [6, 6.07) is 25.8. The lowest BCUT2D eigenvalue weighted by molar-refractivity contribution is 0.0676. The highest BCUT2D eigenvalue weighted by atomic mass is 35.5. The molecule has 0 aromatic heterocycles. The maximum Gasteiger partial charge on any atom is 0.169 e. The summed E-state index contributed by atoms with van der Waals surface area (Å²) < 4.78 is 0. The smallest absolute Gasteiger partial charge is 0.169 e. The minimum atomic E-state index is -0.871. The van der Waals surface area contributed by atoms with Crippen LogP contribution >= 0.6 is 11.6 Å². The molecule has 126 valence electrons. The van der Waals surface area contributed by atoms with E-state index in [4.69, 9.17) is 11.6 Å². The quantitative estimate of drug-likeness (QED) is 0.627. The van der Waals surface area contributed by atoms with Gasteiger partial charge in [-0.15, -0.1) is 0 Å². The highest BCUT2D eigenvalue weighted by molar-refractivity contribution is 6.30. The number of hydrogen-bond donors (Lipinski definition) is 1. The van der Waals surface area contributed by atoms with Crippen molar-refractivity contribution in [1.29, 1.82) is 0 Å². The number of rotatable bonds is 6. The summed E-state index contributed by atoms with van der Waals surface area (Å²) in [6.07, 6.45) is -0.425. The molecule has 3 aromatic rings. The molecule has 3 rings (SSSR count). The molecule has 0 aliphatic carbocycles. The standard InChI is InChI=1S/C22H19ClO2/c23-19-13-11-16(12-14-19)15-20(21(24)17-7-3-1-4-8-17)22(25)18-9-5-2-6-10-18/h1-14,20-21,24H,15H2. The van der Waals surface area contributed by atoms with Gasteiger partial charge in [0.25, 0.3) is 0 Å². The van der Waals surface area contributed by atoms with Gasteiger partial charge in [0.05, 0.1) is 12.0 Å². The van der Waals surface area contributed by atoms with Crippen molar-refractivity contribution >= 4 is 17.4 Å². The van der Waals surface area contributed by atoms with Crippen molar-refractivity contribution in [1.82, 2.24) is 0 Å². The molecule has 0 fully saturated rings. The van der Waals surface area contributed by atoms with Gasteiger partial charge in [-0.3, -0.25) is 4.79 Å². The Morgan fingerprint density at radius 1 is 0.840 bits per heavy atom. The summed E-state index contributed by atoms with van der Waals surface area (Å²) in [7, 11) is 0. The minimum Gasteiger partial charge on any atom is -0.388 e. The van der Waals surface area contributed by atoms with E-state index in [0.29, 0.717) is 17.0 Å². The zero-order chi connectivity index (χ0) is 17.6. The Morgan fingerprint density at radius 3 is 2.00 bits per heavy atom. The van der Waals surface area contributed by atoms with Gasteiger partial charge < -0.3 is 5.11 Å². The second-order valence-corrected chi connectivity index (χ2v) is 6.46. The van der Waals surface area contributed by atoms with Crippen LogP contribution in [0.3, 0.4) is 0 Å². The van der Waals surface area contributed by atoms with E-state index in [1.165, 1.54) is 0 Å². The Bertz CT molecular complexity index is 814. The van der Waals surface area contributed by atoms with Crippen LogP contribution in [-0.2, 0) is 6.42 Å². The summed E-state index contributed by atoms with van der Waals surface area (Å²) >= 11 is 5.95. The molecule has 25 heavy (non-hydrogen) atoms. The molecule has 2 nitrogen and oxygen atoms in total. The van der Waals surface area contributed by atoms with E-state index in [0.717, 1.165) is 11.1 Å². The lowest BCUT2D eigenvalue weighted by Crippen LogP contribution is -2.25. The zero-order valence-electron chi connectivity index (χ0n) is 13.7. The van der Waals surface area contributed by atoms with Gasteiger partial charge in [-0.2, -0.15) is 0 Å². The maximum absolute atomic E-state index is 13.0. The van der Waals surface area contributed by atoms with Crippen molar-refractivity contribution in [2.24, 2.45) is 5.92 Å². The third-order valence-corrected chi connectivity index (χ3v) is 4.54. The van der Waals surface area contributed by atoms with Crippen LogP contribution in [0.15, 0.2) is 84.9 Å². The molecule has 2 atom stereocenters. The van der Waals surface area contributed by atoms with Crippen LogP contribution in [0.1, 0.15) is 27.6 Å². The average molecular weight is 351 g/mol. The number of Topliss-reactive ketones (excluding diaryl/α,β-unsaturated/α-hetero) is 1. The third kappa shape index (κ3) is 4.36. The van der Waals surface area contributed by atoms with Gasteiger partial charge in [-0.25, -0.2) is 0 Å². The van der Waals surface area contributed by atoms with Crippen molar-refractivity contribution in [3.05, 3.63) is 107 Å². The molecule has 0 heterocycles. The molecule has 0 aliphatic heterocycles. The van der Waals surface area contributed by atoms with Crippen molar-refractivity contribution in [3.63, 3.8) is 0 Å². The topological polar surface area (TPSA) is 37.3 Å². The zero-order valence-corrected chi connectivity index (χ0v) is 14.4. The van der Waals surface area contributed by atoms with E-state index in [9.17, 15) is 9.90 Å². The molecule has 0 aliphatic rings. The first-order valence-corrected chi connectivity index (χ1v) is 8.59. The van der Waals surface area contributed by atoms with Gasteiger partial charge in [0.15, 0.2) is 5.78 Å². The van der Waals surface area contributed by atoms with Gasteiger partial charge in [-0.1, -0.05) is 84.4 Å². The predicted octanol–water partition coefficient (Wildman–Crippen LogP) is 5.12. The van der Waals surface area contributed by atoms with Crippen LogP contribution in [0.2, 0.25) is 5.02 Å². The molecule has 0 saturated heterocycles. The number of ketones is 1. The fourth-order valence-corrected chi connectivity index (χ4v) is 3.05. The van der Waals surface area contributed by atoms with Crippen LogP contribution < -0.4 is 0 Å². The highest BCUT2D eigenvalue weighted by Crippen LogP contribution is 2.29. The molecular weight excluding hydrogens is 332 g/mol. The molecular formula is C22H19ClO2. The first-order chi connectivity index (χ1) is 12.1. The molecule has 3 heteroatoms. The van der Waals surface area contributed by atoms with Crippen LogP contribution in [0, 0.1) is 5.92 Å². The monoisotopic (exact) mass is 350 g/mol. The number of carbonyl (C=O) groups excluding carboxylic acids is 1. The highest BCUT2D eigenvalue weighted by Gasteiger charge is 2.29. The molecule has 2 unspecified atom stereocenters. The van der Waals surface area contributed by atoms with E-state index >= 15 is 0 Å². The van der Waals surface area contributed by atoms with E-state index in [-0.39, 0.29) is 5.78 Å². The van der Waals surface area contributed by atoms with Crippen molar-refractivity contribution in [3.8, 4) is 0 Å². The van der Waals surface area contributed by atoms with Gasteiger partial charge >= 0.3 is 0 Å². The Kier molecular flexibility index (Phi) is 5.64. The second kappa shape index (κ2) is 8.11. The van der Waals surface area contributed by atoms with Crippen LogP contribution in [-0.4, -0.2) is 10.9 Å². The number of halogens is 1. The first kappa shape index (κ1) is 17.4. The maximum atomic E-state index is 13.0. The van der Waals surface area contributed by atoms with E-state index in [2.05, 4.69) is 0 Å². The first-order valence-electron chi connectivity index (χ1n) is 8.22. The Hall–Kier alpha value is -2.42. The Balaban J connectivity index is 1.93. The molecule has 0 spiro atoms. The normalized spacial score (nSPS) is 13.2. The fourth-order valence-electron chi connectivity index (χ4n) is 2.92. The van der Waals surface area contributed by atoms with Crippen molar-refractivity contribution in [2.75, 3.05) is 0 Å². The summed E-state index contributed by atoms with van der Waals surface area (Å²) in [5.41, 5.74) is 2.32. The summed E-state index contributed by atoms with van der Waals surface area (Å²) in [5, 5.41) is 11.5. The van der Waals surface area contributed by atoms with Crippen LogP contribution in [0.4, 0.5) is 0 Å². The van der Waals surface area contributed by atoms with E-state index in [1.54, 1.807) is 24.3 Å². The van der Waals surface area contributed by atoms with E-state index in [1.807, 2.05) is 60.7 Å². The van der Waals surface area contributed by atoms with Crippen molar-refractivity contribution in [2.45, 2.75) is 12.5 Å². The Morgan fingerprint density at radius 2 is 1.40 bits per heavy atom. The van der Waals surface area contributed by atoms with Gasteiger partial charge in [-0.05, 0) is 29.7 Å². The number of benzene rings is 3. The fraction of sp³-hybridized carbons (Fsp3) is 0.136. The summed E-state index contributed by atoms with van der Waals surface area (Å²) in [6.45, 7) is 0. The Labute approximate surface area is 152 Å². The van der Waals surface area contributed by atoms with Gasteiger partial charge in [0, 0.05) is 10.6 Å². The number of hydrogen-bond acceptors (Lipinski definition) is 2. The summed E-state index contributed by atoms with van der Waals surface area (Å²) in [5.74, 6) is -0.627. The van der Waals surface area contributed by atoms with E-state index < -0.39 is 12.0 Å². The number of aliphatic hydroxyl groups is 1. The molecule has 3 aromatic carbocycles. The van der Waals surface area contributed by atoms with Gasteiger partial charge in [0.2, 0.25) is 0 Å². The van der Waals surface area contributed by atoms with Crippen LogP contribution in [0.25, 0.3) is 0 Å². The second-order valence-electron chi connectivity index (χ2n) is 6.02. The lowest BCUT2D eigenvalue weighted by atomic mass is 9.84. The number of carbonyl (C=O) groups is 1. The minimum absolute atomic E-state index is 0.0631. The van der Waals surface area contributed by atoms with Crippen molar-refractivity contribution < 1.29 is 9.90 Å². The molecule has 0 saturated carbocycles. The molecule has 0 amide bonds. The third-order valence-electron chi connectivity index (χ3n) is 4.29. The SMILES string of the molecule is O=C(c1ccccc1)C(Cc1ccc(Cl)cc1)C(O)c1ccccc1. The predicted molar refractivity (Wildman–Crippen MR) is 101 cm³/mol.